The molecule has 9 rings (SSSR count). The minimum Gasteiger partial charge on any atom is -0.381 e. The predicted octanol–water partition coefficient (Wildman–Crippen LogP) is 3.63. The number of halogens is 2. The summed E-state index contributed by atoms with van der Waals surface area (Å²) in [6.07, 6.45) is 1.54. The fourth-order valence-electron chi connectivity index (χ4n) is 11.6. The van der Waals surface area contributed by atoms with Crippen LogP contribution in [0.3, 0.4) is 0 Å². The number of benzene rings is 4. The van der Waals surface area contributed by atoms with Crippen molar-refractivity contribution in [3.63, 3.8) is 0 Å². The number of hydrogen-bond donors (Lipinski definition) is 6. The first-order valence-corrected chi connectivity index (χ1v) is 27.6. The fraction of sp³-hybridized carbons (Fsp3) is 0.492. The molecule has 0 radical (unpaired) electrons. The Kier molecular flexibility index (Phi) is 18.2. The smallest absolute Gasteiger partial charge is 0.251 e. The molecule has 7 atom stereocenters. The van der Waals surface area contributed by atoms with Gasteiger partial charge < -0.3 is 51.2 Å². The van der Waals surface area contributed by atoms with Gasteiger partial charge in [0.1, 0.15) is 23.7 Å². The van der Waals surface area contributed by atoms with Gasteiger partial charge >= 0.3 is 0 Å². The van der Waals surface area contributed by atoms with Crippen LogP contribution in [0.4, 0.5) is 20.2 Å². The number of fused-ring (bicyclic) bond motifs is 2. The molecular weight excluding hydrogens is 1010 g/mol. The maximum absolute atomic E-state index is 15.6. The molecule has 4 aromatic carbocycles. The number of nitrogens with one attached hydrogen (secondary N) is 6. The highest BCUT2D eigenvalue weighted by molar-refractivity contribution is 6.04. The van der Waals surface area contributed by atoms with Crippen LogP contribution in [0.2, 0.25) is 0 Å². The van der Waals surface area contributed by atoms with Gasteiger partial charge in [0.2, 0.25) is 23.6 Å². The molecular formula is C59H74F2N10O8. The molecule has 18 nitrogen and oxygen atoms in total. The highest BCUT2D eigenvalue weighted by Crippen LogP contribution is 2.42. The summed E-state index contributed by atoms with van der Waals surface area (Å²) < 4.78 is 40.7. The van der Waals surface area contributed by atoms with Crippen molar-refractivity contribution in [3.05, 3.63) is 130 Å². The van der Waals surface area contributed by atoms with Crippen LogP contribution >= 0.6 is 0 Å². The van der Waals surface area contributed by atoms with Gasteiger partial charge in [-0.05, 0) is 124 Å². The van der Waals surface area contributed by atoms with Crippen LogP contribution in [-0.4, -0.2) is 166 Å². The zero-order valence-electron chi connectivity index (χ0n) is 45.7. The molecule has 20 heteroatoms. The zero-order valence-corrected chi connectivity index (χ0v) is 45.7. The summed E-state index contributed by atoms with van der Waals surface area (Å²) in [6.45, 7) is 13.2. The SMILES string of the molecule is CNC(C)C(=O)NC(C(=O)N1Cc2ccccc2[C@H]1C(=O)Nc1cc(C(=O)NCCNC(=O)C2(C)CN(C(=O)CN3C[C@@H](C)NC[C@@H]3CN3CCOCC3C)c3cc(Cc4ccc(F)cc4)ccc32)ccc1F)C1CCOCC1. The average Bonchev–Trinajstić information content (AvgIpc) is 4.12. The van der Waals surface area contributed by atoms with Gasteiger partial charge in [-0.1, -0.05) is 48.5 Å². The number of piperazine rings is 1. The number of carbonyl (C=O) groups excluding carboxylic acids is 6. The van der Waals surface area contributed by atoms with Gasteiger partial charge in [-0.25, -0.2) is 8.78 Å². The quantitative estimate of drug-likeness (QED) is 0.0792. The Hall–Kier alpha value is -6.68. The lowest BCUT2D eigenvalue weighted by Crippen LogP contribution is -2.62. The summed E-state index contributed by atoms with van der Waals surface area (Å²) >= 11 is 0. The molecule has 6 N–H and O–H groups in total. The number of carbonyl (C=O) groups is 6. The van der Waals surface area contributed by atoms with Crippen LogP contribution in [0.15, 0.2) is 84.9 Å². The third kappa shape index (κ3) is 13.0. The Morgan fingerprint density at radius 1 is 0.861 bits per heavy atom. The van der Waals surface area contributed by atoms with Gasteiger partial charge in [-0.3, -0.25) is 38.6 Å². The first-order chi connectivity index (χ1) is 38.0. The second kappa shape index (κ2) is 25.2. The molecule has 0 aromatic heterocycles. The Bertz CT molecular complexity index is 2890. The number of likely N-dealkylation sites (N-methyl/N-ethyl adjacent to an activating group) is 1. The molecule has 79 heavy (non-hydrogen) atoms. The first kappa shape index (κ1) is 57.0. The van der Waals surface area contributed by atoms with Crippen molar-refractivity contribution >= 4 is 46.8 Å². The number of morpholine rings is 1. The lowest BCUT2D eigenvalue weighted by molar-refractivity contribution is -0.144. The third-order valence-electron chi connectivity index (χ3n) is 16.4. The van der Waals surface area contributed by atoms with E-state index in [4.69, 9.17) is 9.47 Å². The van der Waals surface area contributed by atoms with Crippen molar-refractivity contribution in [2.45, 2.75) is 95.2 Å². The van der Waals surface area contributed by atoms with Crippen molar-refractivity contribution in [1.29, 1.82) is 0 Å². The van der Waals surface area contributed by atoms with Crippen LogP contribution in [0.1, 0.15) is 84.8 Å². The molecule has 0 bridgehead atoms. The van der Waals surface area contributed by atoms with Gasteiger partial charge in [-0.15, -0.1) is 0 Å². The molecule has 4 unspecified atom stereocenters. The first-order valence-electron chi connectivity index (χ1n) is 27.6. The van der Waals surface area contributed by atoms with E-state index in [1.165, 1.54) is 29.2 Å². The summed E-state index contributed by atoms with van der Waals surface area (Å²) in [4.78, 5) is 92.7. The largest absolute Gasteiger partial charge is 0.381 e. The molecule has 0 aliphatic carbocycles. The number of ether oxygens (including phenoxy) is 2. The third-order valence-corrected chi connectivity index (χ3v) is 16.4. The molecule has 0 spiro atoms. The lowest BCUT2D eigenvalue weighted by atomic mass is 9.83. The van der Waals surface area contributed by atoms with Gasteiger partial charge in [0, 0.05) is 94.9 Å². The standard InChI is InChI=1S/C59H74F2N10O8/c1-36-30-69(45(29-65-36)32-68-22-25-79-34-37(68)2)33-51(72)71-35-59(4,47-16-12-40(27-50(47)71)26-39-10-14-44(60)15-11-39)58(77)64-21-20-63-55(74)42-13-17-48(61)49(28-42)66-56(75)53-46-9-7-6-8-43(46)31-70(53)57(76)52(41-18-23-78-24-19-41)67-54(73)38(3)62-5/h6-17,27-28,36-38,41,45,52-53,62,65H,18-26,29-35H2,1-5H3,(H,63,74)(H,64,77)(H,66,75)(H,67,73)/t36-,37?,38?,45-,52?,53+,59?/m1/s1. The maximum atomic E-state index is 15.6. The maximum Gasteiger partial charge on any atom is 0.251 e. The zero-order chi connectivity index (χ0) is 56.0. The molecule has 5 aliphatic rings. The molecule has 5 heterocycles. The summed E-state index contributed by atoms with van der Waals surface area (Å²) in [6, 6.07) is 20.5. The Morgan fingerprint density at radius 3 is 2.37 bits per heavy atom. The van der Waals surface area contributed by atoms with Gasteiger partial charge in [0.05, 0.1) is 36.9 Å². The minimum absolute atomic E-state index is 0.00991. The van der Waals surface area contributed by atoms with E-state index in [2.05, 4.69) is 55.5 Å². The summed E-state index contributed by atoms with van der Waals surface area (Å²) in [7, 11) is 1.65. The Balaban J connectivity index is 0.860. The lowest BCUT2D eigenvalue weighted by Gasteiger charge is -2.43. The second-order valence-corrected chi connectivity index (χ2v) is 22.0. The summed E-state index contributed by atoms with van der Waals surface area (Å²) in [5.74, 6) is -3.98. The Morgan fingerprint density at radius 2 is 1.61 bits per heavy atom. The van der Waals surface area contributed by atoms with E-state index in [-0.39, 0.29) is 91.6 Å². The molecule has 5 aliphatic heterocycles. The van der Waals surface area contributed by atoms with E-state index in [9.17, 15) is 33.2 Å². The molecule has 422 valence electrons. The summed E-state index contributed by atoms with van der Waals surface area (Å²) in [5.41, 5.74) is 2.97. The average molecular weight is 1090 g/mol. The van der Waals surface area contributed by atoms with Crippen molar-refractivity contribution in [3.8, 4) is 0 Å². The van der Waals surface area contributed by atoms with E-state index in [1.54, 1.807) is 49.2 Å². The van der Waals surface area contributed by atoms with Crippen molar-refractivity contribution in [2.24, 2.45) is 5.92 Å². The van der Waals surface area contributed by atoms with Crippen LogP contribution in [-0.2, 0) is 51.8 Å². The number of nitrogens with zero attached hydrogens (tertiary/aromatic N) is 4. The van der Waals surface area contributed by atoms with E-state index < -0.39 is 47.1 Å². The van der Waals surface area contributed by atoms with Crippen molar-refractivity contribution in [2.75, 3.05) is 96.0 Å². The molecule has 3 saturated heterocycles. The number of anilines is 2. The highest BCUT2D eigenvalue weighted by Gasteiger charge is 2.48. The van der Waals surface area contributed by atoms with E-state index in [0.29, 0.717) is 69.0 Å². The number of amides is 6. The molecule has 0 saturated carbocycles. The minimum atomic E-state index is -1.18. The van der Waals surface area contributed by atoms with E-state index in [1.807, 2.05) is 31.2 Å². The van der Waals surface area contributed by atoms with E-state index >= 15 is 4.39 Å². The summed E-state index contributed by atoms with van der Waals surface area (Å²) in [5, 5.41) is 17.8. The van der Waals surface area contributed by atoms with Crippen molar-refractivity contribution in [1.82, 2.24) is 41.3 Å². The normalized spacial score (nSPS) is 23.3. The van der Waals surface area contributed by atoms with Crippen LogP contribution in [0.25, 0.3) is 0 Å². The van der Waals surface area contributed by atoms with Crippen molar-refractivity contribution < 1.29 is 47.0 Å². The number of hydrogen-bond acceptors (Lipinski definition) is 12. The van der Waals surface area contributed by atoms with Gasteiger partial charge in [-0.2, -0.15) is 0 Å². The fourth-order valence-corrected chi connectivity index (χ4v) is 11.6. The second-order valence-electron chi connectivity index (χ2n) is 22.0. The number of rotatable bonds is 18. The predicted molar refractivity (Wildman–Crippen MR) is 294 cm³/mol. The molecule has 4 aromatic rings. The van der Waals surface area contributed by atoms with Crippen LogP contribution < -0.4 is 36.8 Å². The van der Waals surface area contributed by atoms with Crippen LogP contribution in [0.5, 0.6) is 0 Å². The van der Waals surface area contributed by atoms with E-state index in [0.717, 1.165) is 42.4 Å². The van der Waals surface area contributed by atoms with Crippen LogP contribution in [0, 0.1) is 17.6 Å². The monoisotopic (exact) mass is 1090 g/mol. The molecule has 3 fully saturated rings. The highest BCUT2D eigenvalue weighted by atomic mass is 19.1. The topological polar surface area (TPSA) is 206 Å². The Labute approximate surface area is 460 Å². The molecule has 6 amide bonds. The van der Waals surface area contributed by atoms with Gasteiger partial charge in [0.25, 0.3) is 11.8 Å². The van der Waals surface area contributed by atoms with Gasteiger partial charge in [0.15, 0.2) is 0 Å².